The molecule has 0 spiro atoms. The van der Waals surface area contributed by atoms with Gasteiger partial charge in [-0.05, 0) is 0 Å². The number of hydrogen-bond donors (Lipinski definition) is 0. The lowest BCUT2D eigenvalue weighted by Crippen LogP contribution is -2.23. The highest BCUT2D eigenvalue weighted by molar-refractivity contribution is 5.66. The van der Waals surface area contributed by atoms with E-state index in [0.29, 0.717) is 19.6 Å². The number of ether oxygens (including phenoxy) is 3. The Bertz CT molecular complexity index is 124. The van der Waals surface area contributed by atoms with E-state index in [1.54, 1.807) is 14.2 Å². The van der Waals surface area contributed by atoms with Crippen LogP contribution in [0.25, 0.3) is 0 Å². The second-order valence-electron chi connectivity index (χ2n) is 2.47. The van der Waals surface area contributed by atoms with E-state index in [4.69, 9.17) is 14.2 Å². The van der Waals surface area contributed by atoms with E-state index in [0.717, 1.165) is 0 Å². The van der Waals surface area contributed by atoms with Crippen LogP contribution in [-0.2, 0) is 19.0 Å². The Hall–Kier alpha value is -0.610. The van der Waals surface area contributed by atoms with Gasteiger partial charge in [0.1, 0.15) is 6.10 Å². The third-order valence-electron chi connectivity index (χ3n) is 1.33. The SMILES string of the molecule is COCCC(COC)OC(C)=O. The molecule has 0 fully saturated rings. The van der Waals surface area contributed by atoms with Crippen LogP contribution < -0.4 is 0 Å². The largest absolute Gasteiger partial charge is 0.460 e. The molecule has 12 heavy (non-hydrogen) atoms. The van der Waals surface area contributed by atoms with Gasteiger partial charge in [0.05, 0.1) is 6.61 Å². The first kappa shape index (κ1) is 11.4. The van der Waals surface area contributed by atoms with Crippen molar-refractivity contribution in [2.75, 3.05) is 27.4 Å². The maximum Gasteiger partial charge on any atom is 0.302 e. The number of carbonyl (C=O) groups excluding carboxylic acids is 1. The normalized spacial score (nSPS) is 12.6. The molecule has 0 bridgehead atoms. The summed E-state index contributed by atoms with van der Waals surface area (Å²) in [7, 11) is 3.18. The van der Waals surface area contributed by atoms with Gasteiger partial charge in [0.25, 0.3) is 0 Å². The lowest BCUT2D eigenvalue weighted by molar-refractivity contribution is -0.149. The molecule has 0 N–H and O–H groups in total. The van der Waals surface area contributed by atoms with Crippen LogP contribution in [0.2, 0.25) is 0 Å². The van der Waals surface area contributed by atoms with E-state index in [1.807, 2.05) is 0 Å². The van der Waals surface area contributed by atoms with Crippen molar-refractivity contribution in [3.8, 4) is 0 Å². The van der Waals surface area contributed by atoms with Gasteiger partial charge in [-0.15, -0.1) is 0 Å². The smallest absolute Gasteiger partial charge is 0.302 e. The van der Waals surface area contributed by atoms with Crippen molar-refractivity contribution in [1.29, 1.82) is 0 Å². The van der Waals surface area contributed by atoms with E-state index in [9.17, 15) is 4.79 Å². The van der Waals surface area contributed by atoms with Crippen molar-refractivity contribution in [2.24, 2.45) is 0 Å². The highest BCUT2D eigenvalue weighted by Crippen LogP contribution is 1.99. The zero-order chi connectivity index (χ0) is 9.40. The van der Waals surface area contributed by atoms with Crippen LogP contribution in [0.15, 0.2) is 0 Å². The zero-order valence-corrected chi connectivity index (χ0v) is 7.83. The van der Waals surface area contributed by atoms with Crippen molar-refractivity contribution in [2.45, 2.75) is 19.4 Å². The predicted molar refractivity (Wildman–Crippen MR) is 43.9 cm³/mol. The summed E-state index contributed by atoms with van der Waals surface area (Å²) in [5.74, 6) is -0.284. The second-order valence-corrected chi connectivity index (χ2v) is 2.47. The summed E-state index contributed by atoms with van der Waals surface area (Å²) in [4.78, 5) is 10.6. The van der Waals surface area contributed by atoms with Gasteiger partial charge in [0.2, 0.25) is 0 Å². The fourth-order valence-electron chi connectivity index (χ4n) is 0.846. The molecule has 72 valence electrons. The van der Waals surface area contributed by atoms with Gasteiger partial charge in [-0.25, -0.2) is 0 Å². The molecule has 0 aliphatic heterocycles. The molecule has 1 atom stereocenters. The monoisotopic (exact) mass is 176 g/mol. The minimum atomic E-state index is -0.284. The number of methoxy groups -OCH3 is 2. The van der Waals surface area contributed by atoms with Crippen LogP contribution in [0.4, 0.5) is 0 Å². The van der Waals surface area contributed by atoms with E-state index < -0.39 is 0 Å². The lowest BCUT2D eigenvalue weighted by Gasteiger charge is -2.14. The van der Waals surface area contributed by atoms with Crippen molar-refractivity contribution in [3.05, 3.63) is 0 Å². The Balaban J connectivity index is 3.61. The van der Waals surface area contributed by atoms with Crippen molar-refractivity contribution in [1.82, 2.24) is 0 Å². The standard InChI is InChI=1S/C8H16O4/c1-7(9)12-8(6-11-3)4-5-10-2/h8H,4-6H2,1-3H3. The van der Waals surface area contributed by atoms with Gasteiger partial charge in [-0.3, -0.25) is 4.79 Å². The number of rotatable bonds is 6. The third kappa shape index (κ3) is 6.12. The molecule has 0 saturated heterocycles. The predicted octanol–water partition coefficient (Wildman–Crippen LogP) is 0.601. The molecule has 0 aliphatic carbocycles. The Morgan fingerprint density at radius 2 is 2.00 bits per heavy atom. The molecule has 4 heteroatoms. The molecule has 0 aromatic carbocycles. The van der Waals surface area contributed by atoms with Gasteiger partial charge in [-0.2, -0.15) is 0 Å². The average Bonchev–Trinajstić information content (AvgIpc) is 2.00. The van der Waals surface area contributed by atoms with Gasteiger partial charge in [0.15, 0.2) is 0 Å². The van der Waals surface area contributed by atoms with Crippen LogP contribution in [0.1, 0.15) is 13.3 Å². The fourth-order valence-corrected chi connectivity index (χ4v) is 0.846. The van der Waals surface area contributed by atoms with Crippen molar-refractivity contribution in [3.63, 3.8) is 0 Å². The van der Waals surface area contributed by atoms with Crippen molar-refractivity contribution >= 4 is 5.97 Å². The summed E-state index contributed by atoms with van der Waals surface area (Å²) in [6, 6.07) is 0. The summed E-state index contributed by atoms with van der Waals surface area (Å²) in [5.41, 5.74) is 0. The average molecular weight is 176 g/mol. The van der Waals surface area contributed by atoms with Gasteiger partial charge >= 0.3 is 5.97 Å². The summed E-state index contributed by atoms with van der Waals surface area (Å²) in [6.07, 6.45) is 0.483. The first-order valence-corrected chi connectivity index (χ1v) is 3.85. The minimum absolute atomic E-state index is 0.188. The summed E-state index contributed by atoms with van der Waals surface area (Å²) >= 11 is 0. The maximum atomic E-state index is 10.6. The van der Waals surface area contributed by atoms with Crippen LogP contribution in [0.5, 0.6) is 0 Å². The quantitative estimate of drug-likeness (QED) is 0.556. The molecule has 0 aromatic rings. The number of esters is 1. The van der Waals surface area contributed by atoms with E-state index in [1.165, 1.54) is 6.92 Å². The maximum absolute atomic E-state index is 10.6. The molecular weight excluding hydrogens is 160 g/mol. The van der Waals surface area contributed by atoms with Crippen LogP contribution in [0, 0.1) is 0 Å². The Kier molecular flexibility index (Phi) is 6.70. The first-order valence-electron chi connectivity index (χ1n) is 3.85. The van der Waals surface area contributed by atoms with E-state index >= 15 is 0 Å². The lowest BCUT2D eigenvalue weighted by atomic mass is 10.3. The molecule has 0 saturated carbocycles. The molecule has 0 aliphatic rings. The molecule has 0 amide bonds. The van der Waals surface area contributed by atoms with Crippen LogP contribution in [-0.4, -0.2) is 39.5 Å². The fraction of sp³-hybridized carbons (Fsp3) is 0.875. The Labute approximate surface area is 72.8 Å². The van der Waals surface area contributed by atoms with Gasteiger partial charge < -0.3 is 14.2 Å². The Morgan fingerprint density at radius 1 is 1.33 bits per heavy atom. The molecule has 1 unspecified atom stereocenters. The molecular formula is C8H16O4. The Morgan fingerprint density at radius 3 is 2.42 bits per heavy atom. The number of carbonyl (C=O) groups is 1. The first-order chi connectivity index (χ1) is 5.70. The highest BCUT2D eigenvalue weighted by atomic mass is 16.6. The summed E-state index contributed by atoms with van der Waals surface area (Å²) in [6.45, 7) is 2.37. The topological polar surface area (TPSA) is 44.8 Å². The van der Waals surface area contributed by atoms with E-state index in [-0.39, 0.29) is 12.1 Å². The van der Waals surface area contributed by atoms with Gasteiger partial charge in [-0.1, -0.05) is 0 Å². The third-order valence-corrected chi connectivity index (χ3v) is 1.33. The second kappa shape index (κ2) is 7.06. The molecule has 0 heterocycles. The number of hydrogen-bond acceptors (Lipinski definition) is 4. The summed E-state index contributed by atoms with van der Waals surface area (Å²) < 4.78 is 14.7. The molecule has 0 radical (unpaired) electrons. The summed E-state index contributed by atoms with van der Waals surface area (Å²) in [5, 5.41) is 0. The minimum Gasteiger partial charge on any atom is -0.460 e. The molecule has 4 nitrogen and oxygen atoms in total. The van der Waals surface area contributed by atoms with Crippen molar-refractivity contribution < 1.29 is 19.0 Å². The molecule has 0 rings (SSSR count). The highest BCUT2D eigenvalue weighted by Gasteiger charge is 2.10. The van der Waals surface area contributed by atoms with Crippen LogP contribution >= 0.6 is 0 Å². The molecule has 0 aromatic heterocycles. The van der Waals surface area contributed by atoms with Crippen LogP contribution in [0.3, 0.4) is 0 Å². The van der Waals surface area contributed by atoms with Gasteiger partial charge in [0, 0.05) is 34.2 Å². The van der Waals surface area contributed by atoms with E-state index in [2.05, 4.69) is 0 Å². The zero-order valence-electron chi connectivity index (χ0n) is 7.83.